The molecule has 4 fully saturated rings. The summed E-state index contributed by atoms with van der Waals surface area (Å²) in [5.74, 6) is 7.86. The summed E-state index contributed by atoms with van der Waals surface area (Å²) in [4.78, 5) is 102. The monoisotopic (exact) mass is 1480 g/mol. The number of amides is 7. The highest BCUT2D eigenvalue weighted by atomic mass is 16.7. The molecule has 9 rings (SSSR count). The first-order chi connectivity index (χ1) is 50.9. The van der Waals surface area contributed by atoms with Crippen LogP contribution in [0, 0.1) is 24.2 Å². The number of fused-ring (bicyclic) bond motifs is 4. The first kappa shape index (κ1) is 80.9. The first-order valence-corrected chi connectivity index (χ1v) is 35.9. The number of ether oxygens (including phenoxy) is 15. The molecule has 6 atom stereocenters. The Morgan fingerprint density at radius 1 is 0.575 bits per heavy atom. The molecule has 3 aromatic carbocycles. The Hall–Kier alpha value is -9.17. The third-order valence-electron chi connectivity index (χ3n) is 17.4. The molecule has 0 aliphatic carbocycles. The van der Waals surface area contributed by atoms with Crippen molar-refractivity contribution in [1.82, 2.24) is 25.8 Å². The minimum Gasteiger partial charge on any atom is -0.493 e. The fraction of sp³-hybridized carbons (Fsp3) is 0.571. The van der Waals surface area contributed by atoms with Crippen molar-refractivity contribution >= 4 is 53.3 Å². The van der Waals surface area contributed by atoms with E-state index in [4.69, 9.17) is 72.7 Å². The van der Waals surface area contributed by atoms with Crippen LogP contribution >= 0.6 is 0 Å². The van der Waals surface area contributed by atoms with E-state index in [-0.39, 0.29) is 154 Å². The number of anilines is 2. The molecule has 2 unspecified atom stereocenters. The smallest absolute Gasteiger partial charge is 0.417 e. The van der Waals surface area contributed by atoms with Crippen molar-refractivity contribution in [2.24, 2.45) is 0 Å². The minimum atomic E-state index is -1.06. The zero-order valence-electron chi connectivity index (χ0n) is 62.1. The van der Waals surface area contributed by atoms with Gasteiger partial charge in [-0.25, -0.2) is 24.2 Å². The highest BCUT2D eigenvalue weighted by Gasteiger charge is 2.51. The summed E-state index contributed by atoms with van der Waals surface area (Å²) >= 11 is 0. The maximum absolute atomic E-state index is 14.8. The minimum absolute atomic E-state index is 0.0179. The third-order valence-corrected chi connectivity index (χ3v) is 17.4. The van der Waals surface area contributed by atoms with Crippen molar-refractivity contribution in [3.05, 3.63) is 94.6 Å². The molecule has 7 amide bonds. The number of methoxy groups -OCH3 is 2. The summed E-state index contributed by atoms with van der Waals surface area (Å²) < 4.78 is 90.0. The molecular weight excluding hydrogens is 1370 g/mol. The Balaban J connectivity index is 0.899. The van der Waals surface area contributed by atoms with Crippen molar-refractivity contribution < 1.29 is 105 Å². The molecule has 29 heteroatoms. The van der Waals surface area contributed by atoms with Crippen LogP contribution in [0.5, 0.6) is 23.0 Å². The lowest BCUT2D eigenvalue weighted by Gasteiger charge is -2.39. The van der Waals surface area contributed by atoms with Crippen molar-refractivity contribution in [2.75, 3.05) is 129 Å². The summed E-state index contributed by atoms with van der Waals surface area (Å²) in [6, 6.07) is 10.4. The van der Waals surface area contributed by atoms with Gasteiger partial charge in [0.2, 0.25) is 11.8 Å². The normalized spacial score (nSPS) is 19.9. The summed E-state index contributed by atoms with van der Waals surface area (Å²) in [7, 11) is 2.90. The number of alkyl carbamates (subject to hydrolysis) is 1. The van der Waals surface area contributed by atoms with Gasteiger partial charge < -0.3 is 96.8 Å². The van der Waals surface area contributed by atoms with Crippen molar-refractivity contribution in [3.63, 3.8) is 0 Å². The van der Waals surface area contributed by atoms with Crippen molar-refractivity contribution in [1.29, 1.82) is 0 Å². The van der Waals surface area contributed by atoms with Crippen molar-refractivity contribution in [2.45, 2.75) is 167 Å². The van der Waals surface area contributed by atoms with Gasteiger partial charge in [0.1, 0.15) is 24.4 Å². The molecule has 0 spiro atoms. The predicted molar refractivity (Wildman–Crippen MR) is 386 cm³/mol. The fourth-order valence-electron chi connectivity index (χ4n) is 12.6. The molecule has 0 aromatic heterocycles. The van der Waals surface area contributed by atoms with Crippen LogP contribution in [-0.2, 0) is 74.9 Å². The average Bonchev–Trinajstić information content (AvgIpc) is 1.53. The maximum Gasteiger partial charge on any atom is 0.417 e. The van der Waals surface area contributed by atoms with Crippen LogP contribution in [0.1, 0.15) is 143 Å². The zero-order valence-corrected chi connectivity index (χ0v) is 62.1. The number of hydrogen-bond donors (Lipinski definition) is 3. The molecule has 29 nitrogen and oxygen atoms in total. The van der Waals surface area contributed by atoms with E-state index in [0.717, 1.165) is 36.8 Å². The molecule has 0 bridgehead atoms. The molecule has 0 radical (unpaired) electrons. The topological polar surface area (TPSA) is 307 Å². The summed E-state index contributed by atoms with van der Waals surface area (Å²) in [6.07, 6.45) is 4.81. The summed E-state index contributed by atoms with van der Waals surface area (Å²) in [5, 5.41) is 7.95. The van der Waals surface area contributed by atoms with E-state index in [0.29, 0.717) is 88.6 Å². The van der Waals surface area contributed by atoms with Gasteiger partial charge in [-0.2, -0.15) is 0 Å². The Labute approximate surface area is 619 Å². The van der Waals surface area contributed by atoms with Gasteiger partial charge in [-0.3, -0.25) is 19.2 Å². The fourth-order valence-corrected chi connectivity index (χ4v) is 12.6. The van der Waals surface area contributed by atoms with Gasteiger partial charge in [-0.05, 0) is 134 Å². The van der Waals surface area contributed by atoms with E-state index in [1.165, 1.54) is 24.0 Å². The predicted octanol–water partition coefficient (Wildman–Crippen LogP) is 8.44. The van der Waals surface area contributed by atoms with E-state index in [2.05, 4.69) is 51.6 Å². The lowest BCUT2D eigenvalue weighted by atomic mass is 10.1. The number of hydrogen-bond acceptors (Lipinski definition) is 22. The first-order valence-electron chi connectivity index (χ1n) is 35.9. The van der Waals surface area contributed by atoms with Gasteiger partial charge in [-0.1, -0.05) is 42.1 Å². The number of terminal acetylenes is 1. The molecular formula is C77H101N7O22. The Bertz CT molecular complexity index is 3530. The summed E-state index contributed by atoms with van der Waals surface area (Å²) in [6.45, 7) is 22.6. The van der Waals surface area contributed by atoms with Crippen LogP contribution in [0.15, 0.2) is 66.8 Å². The van der Waals surface area contributed by atoms with Gasteiger partial charge >= 0.3 is 18.3 Å². The van der Waals surface area contributed by atoms with Crippen molar-refractivity contribution in [3.8, 4) is 47.2 Å². The largest absolute Gasteiger partial charge is 0.493 e. The maximum atomic E-state index is 14.8. The molecule has 6 aliphatic rings. The lowest BCUT2D eigenvalue weighted by molar-refractivity contribution is -0.196. The second-order valence-corrected chi connectivity index (χ2v) is 28.0. The summed E-state index contributed by atoms with van der Waals surface area (Å²) in [5.41, 5.74) is 2.01. The third kappa shape index (κ3) is 23.2. The molecule has 4 saturated heterocycles. The van der Waals surface area contributed by atoms with E-state index in [1.54, 1.807) is 75.6 Å². The van der Waals surface area contributed by atoms with Gasteiger partial charge in [0.25, 0.3) is 11.8 Å². The second-order valence-electron chi connectivity index (χ2n) is 28.0. The van der Waals surface area contributed by atoms with Crippen LogP contribution in [0.3, 0.4) is 0 Å². The molecule has 3 N–H and O–H groups in total. The highest BCUT2D eigenvalue weighted by Crippen LogP contribution is 2.46. The Morgan fingerprint density at radius 2 is 1.05 bits per heavy atom. The van der Waals surface area contributed by atoms with Gasteiger partial charge in [0, 0.05) is 69.9 Å². The number of carbonyl (C=O) groups excluding carboxylic acids is 7. The molecule has 576 valence electrons. The van der Waals surface area contributed by atoms with E-state index in [1.807, 2.05) is 18.2 Å². The SMILES string of the molecule is C#CCOC(=O)NCCC(=O)NCCOCCOCCOCCOCCC(=O)NCC#Cc1cc(COc2cc3c(cc2OC)C(=O)N2CC(=C)C[C@H]2[C@H](OC2CCCCO2)N3C(=O)OC(C)(C)C)cc(COc2cc3c(cc2OC)C(=O)N2CC(=C)C[C@H]2[C@H](OC2CCCCO2)N3C(=O)OC(C)(C)C)c1. The Morgan fingerprint density at radius 3 is 1.50 bits per heavy atom. The van der Waals surface area contributed by atoms with E-state index < -0.39 is 66.6 Å². The number of carbonyl (C=O) groups is 7. The van der Waals surface area contributed by atoms with E-state index >= 15 is 0 Å². The van der Waals surface area contributed by atoms with Crippen LogP contribution < -0.4 is 44.7 Å². The second kappa shape index (κ2) is 38.9. The highest BCUT2D eigenvalue weighted by molar-refractivity contribution is 6.07. The molecule has 6 heterocycles. The van der Waals surface area contributed by atoms with Crippen LogP contribution in [0.25, 0.3) is 0 Å². The number of benzene rings is 3. The van der Waals surface area contributed by atoms with Gasteiger partial charge in [0.05, 0.1) is 108 Å². The molecule has 3 aromatic rings. The number of rotatable bonds is 32. The molecule has 106 heavy (non-hydrogen) atoms. The van der Waals surface area contributed by atoms with Gasteiger partial charge in [-0.15, -0.1) is 6.42 Å². The van der Waals surface area contributed by atoms with Crippen LogP contribution in [0.4, 0.5) is 25.8 Å². The van der Waals surface area contributed by atoms with E-state index in [9.17, 15) is 33.6 Å². The Kier molecular flexibility index (Phi) is 29.7. The molecule has 6 aliphatic heterocycles. The lowest BCUT2D eigenvalue weighted by Crippen LogP contribution is -2.54. The number of nitrogens with zero attached hydrogens (tertiary/aromatic N) is 4. The van der Waals surface area contributed by atoms with Crippen LogP contribution in [-0.4, -0.2) is 220 Å². The van der Waals surface area contributed by atoms with Crippen LogP contribution in [0.2, 0.25) is 0 Å². The van der Waals surface area contributed by atoms with Gasteiger partial charge in [0.15, 0.2) is 54.6 Å². The molecule has 0 saturated carbocycles. The number of nitrogens with one attached hydrogen (secondary N) is 3. The quantitative estimate of drug-likeness (QED) is 0.0228. The average molecular weight is 1480 g/mol. The zero-order chi connectivity index (χ0) is 75.9. The standard InChI is InChI=1S/C77H101N7O22/c1-12-26-100-73(89)80-24-21-65(85)79-25-30-95-32-34-97-36-35-96-33-31-94-29-22-66(86)78-23-17-18-52-39-53(48-101-63-44-57-55(42-61(63)92-10)69(87)81-46-50(2)37-59(81)71(103-67-19-13-15-27-98-67)83(57)74(90)105-76(4,5)6)41-54(40-52)49-102-64-45-58-56(43-62(64)93-11)70(88)82-47-51(3)38-60(82)72(104-68-20-14-16-28-99-68)84(58)75(91)106-77(7,8)9/h1,39-45,59-60,67-68,71-72H,2-3,13-16,19-38,46-49H2,4-11H3,(H,78,86)(H,79,85)(H,80,89)/t59-,60-,67?,68?,71-,72-/m0/s1.